The van der Waals surface area contributed by atoms with E-state index >= 15 is 0 Å². The smallest absolute Gasteiger partial charge is 0.251 e. The lowest BCUT2D eigenvalue weighted by Gasteiger charge is -2.13. The fourth-order valence-electron chi connectivity index (χ4n) is 3.61. The maximum Gasteiger partial charge on any atom is 0.251 e. The summed E-state index contributed by atoms with van der Waals surface area (Å²) in [5.41, 5.74) is 1.69. The molecule has 0 spiro atoms. The molecule has 1 aliphatic rings. The number of aromatic nitrogens is 2. The number of rotatable bonds is 7. The topological polar surface area (TPSA) is 56.6 Å². The lowest BCUT2D eigenvalue weighted by molar-refractivity contribution is 0.0901. The van der Waals surface area contributed by atoms with Crippen LogP contribution in [0.15, 0.2) is 48.5 Å². The first-order chi connectivity index (χ1) is 13.7. The summed E-state index contributed by atoms with van der Waals surface area (Å²) in [6, 6.07) is 15.2. The summed E-state index contributed by atoms with van der Waals surface area (Å²) in [6.45, 7) is 3.74. The number of carbonyl (C=O) groups is 1. The van der Waals surface area contributed by atoms with Crippen molar-refractivity contribution >= 4 is 16.8 Å². The van der Waals surface area contributed by atoms with E-state index in [0.717, 1.165) is 41.9 Å². The molecule has 1 aromatic heterocycles. The molecule has 0 N–H and O–H groups in total. The van der Waals surface area contributed by atoms with Crippen LogP contribution in [0.5, 0.6) is 11.6 Å². The van der Waals surface area contributed by atoms with Crippen LogP contribution in [0.3, 0.4) is 0 Å². The zero-order chi connectivity index (χ0) is 19.3. The van der Waals surface area contributed by atoms with Gasteiger partial charge in [-0.2, -0.15) is 4.68 Å². The minimum absolute atomic E-state index is 0.0873. The number of fused-ring (bicyclic) bond motifs is 1. The third kappa shape index (κ3) is 4.02. The number of ether oxygens (including phenoxy) is 2. The molecule has 2 heterocycles. The van der Waals surface area contributed by atoms with Crippen molar-refractivity contribution in [3.8, 4) is 11.6 Å². The van der Waals surface area contributed by atoms with Crippen LogP contribution in [0.2, 0.25) is 0 Å². The summed E-state index contributed by atoms with van der Waals surface area (Å²) in [4.78, 5) is 15.3. The molecule has 3 aromatic rings. The summed E-state index contributed by atoms with van der Waals surface area (Å²) >= 11 is 0. The maximum atomic E-state index is 12.9. The third-order valence-electron chi connectivity index (χ3n) is 5.15. The molecule has 0 atom stereocenters. The Morgan fingerprint density at radius 2 is 1.82 bits per heavy atom. The van der Waals surface area contributed by atoms with Crippen molar-refractivity contribution in [3.05, 3.63) is 54.1 Å². The molecule has 1 aliphatic heterocycles. The maximum absolute atomic E-state index is 12.9. The van der Waals surface area contributed by atoms with Gasteiger partial charge in [0.1, 0.15) is 12.4 Å². The molecular formula is C22H25N3O3. The van der Waals surface area contributed by atoms with Crippen LogP contribution in [0.4, 0.5) is 0 Å². The molecule has 0 amide bonds. The van der Waals surface area contributed by atoms with Crippen LogP contribution in [0, 0.1) is 0 Å². The Morgan fingerprint density at radius 1 is 1.07 bits per heavy atom. The Labute approximate surface area is 164 Å². The Bertz CT molecular complexity index is 943. The predicted octanol–water partition coefficient (Wildman–Crippen LogP) is 3.40. The second-order valence-electron chi connectivity index (χ2n) is 7.05. The third-order valence-corrected chi connectivity index (χ3v) is 5.15. The SMILES string of the molecule is COc1ccc(CC(=O)n2nc(OCCN3CCCC3)c3ccccc32)cc1. The van der Waals surface area contributed by atoms with E-state index in [-0.39, 0.29) is 12.3 Å². The molecule has 1 fully saturated rings. The van der Waals surface area contributed by atoms with E-state index in [1.807, 2.05) is 48.5 Å². The summed E-state index contributed by atoms with van der Waals surface area (Å²) in [7, 11) is 1.63. The van der Waals surface area contributed by atoms with Gasteiger partial charge in [0.05, 0.1) is 24.4 Å². The van der Waals surface area contributed by atoms with Gasteiger partial charge >= 0.3 is 0 Å². The van der Waals surface area contributed by atoms with E-state index in [2.05, 4.69) is 10.00 Å². The minimum Gasteiger partial charge on any atom is -0.497 e. The Morgan fingerprint density at radius 3 is 2.57 bits per heavy atom. The van der Waals surface area contributed by atoms with Gasteiger partial charge in [-0.3, -0.25) is 9.69 Å². The lowest BCUT2D eigenvalue weighted by Crippen LogP contribution is -2.25. The van der Waals surface area contributed by atoms with Gasteiger partial charge in [0, 0.05) is 6.54 Å². The van der Waals surface area contributed by atoms with E-state index < -0.39 is 0 Å². The Kier molecular flexibility index (Phi) is 5.58. The van der Waals surface area contributed by atoms with Crippen LogP contribution in [0.25, 0.3) is 10.9 Å². The van der Waals surface area contributed by atoms with Gasteiger partial charge in [0.25, 0.3) is 5.91 Å². The normalized spacial score (nSPS) is 14.5. The Balaban J connectivity index is 1.50. The van der Waals surface area contributed by atoms with Gasteiger partial charge in [0.2, 0.25) is 5.88 Å². The highest BCUT2D eigenvalue weighted by Gasteiger charge is 2.17. The van der Waals surface area contributed by atoms with Gasteiger partial charge in [-0.25, -0.2) is 0 Å². The zero-order valence-corrected chi connectivity index (χ0v) is 16.1. The number of hydrogen-bond donors (Lipinski definition) is 0. The first-order valence-electron chi connectivity index (χ1n) is 9.73. The van der Waals surface area contributed by atoms with E-state index in [1.54, 1.807) is 7.11 Å². The van der Waals surface area contributed by atoms with E-state index in [1.165, 1.54) is 17.5 Å². The zero-order valence-electron chi connectivity index (χ0n) is 16.1. The first kappa shape index (κ1) is 18.5. The molecule has 6 nitrogen and oxygen atoms in total. The van der Waals surface area contributed by atoms with Crippen LogP contribution in [-0.4, -0.2) is 53.9 Å². The van der Waals surface area contributed by atoms with Crippen molar-refractivity contribution in [2.75, 3.05) is 33.4 Å². The molecule has 1 saturated heterocycles. The predicted molar refractivity (Wildman–Crippen MR) is 108 cm³/mol. The summed E-state index contributed by atoms with van der Waals surface area (Å²) in [6.07, 6.45) is 2.79. The highest BCUT2D eigenvalue weighted by atomic mass is 16.5. The molecular weight excluding hydrogens is 354 g/mol. The molecule has 0 aliphatic carbocycles. The second-order valence-corrected chi connectivity index (χ2v) is 7.05. The van der Waals surface area contributed by atoms with E-state index in [0.29, 0.717) is 12.5 Å². The fourth-order valence-corrected chi connectivity index (χ4v) is 3.61. The van der Waals surface area contributed by atoms with Crippen molar-refractivity contribution in [1.82, 2.24) is 14.7 Å². The van der Waals surface area contributed by atoms with Crippen LogP contribution in [0.1, 0.15) is 23.2 Å². The van der Waals surface area contributed by atoms with E-state index in [4.69, 9.17) is 9.47 Å². The largest absolute Gasteiger partial charge is 0.497 e. The van der Waals surface area contributed by atoms with Gasteiger partial charge in [0.15, 0.2) is 0 Å². The molecule has 0 saturated carbocycles. The number of nitrogens with zero attached hydrogens (tertiary/aromatic N) is 3. The number of para-hydroxylation sites is 1. The van der Waals surface area contributed by atoms with Gasteiger partial charge < -0.3 is 9.47 Å². The fraction of sp³-hybridized carbons (Fsp3) is 0.364. The molecule has 146 valence electrons. The molecule has 6 heteroatoms. The van der Waals surface area contributed by atoms with Gasteiger partial charge in [-0.05, 0) is 55.8 Å². The van der Waals surface area contributed by atoms with Gasteiger partial charge in [-0.1, -0.05) is 24.3 Å². The highest BCUT2D eigenvalue weighted by Crippen LogP contribution is 2.25. The van der Waals surface area contributed by atoms with Gasteiger partial charge in [-0.15, -0.1) is 5.10 Å². The van der Waals surface area contributed by atoms with Crippen molar-refractivity contribution in [2.45, 2.75) is 19.3 Å². The number of likely N-dealkylation sites (tertiary alicyclic amines) is 1. The Hall–Kier alpha value is -2.86. The standard InChI is InChI=1S/C22H25N3O3/c1-27-18-10-8-17(9-11-18)16-21(26)25-20-7-3-2-6-19(20)22(23-25)28-15-14-24-12-4-5-13-24/h2-3,6-11H,4-5,12-16H2,1H3. The summed E-state index contributed by atoms with van der Waals surface area (Å²) in [5.74, 6) is 1.21. The average molecular weight is 379 g/mol. The summed E-state index contributed by atoms with van der Waals surface area (Å²) in [5, 5.41) is 5.35. The molecule has 0 unspecified atom stereocenters. The lowest BCUT2D eigenvalue weighted by atomic mass is 10.1. The molecule has 2 aromatic carbocycles. The van der Waals surface area contributed by atoms with Crippen LogP contribution >= 0.6 is 0 Å². The number of carbonyl (C=O) groups excluding carboxylic acids is 1. The molecule has 28 heavy (non-hydrogen) atoms. The highest BCUT2D eigenvalue weighted by molar-refractivity contribution is 5.94. The van der Waals surface area contributed by atoms with Crippen molar-refractivity contribution in [1.29, 1.82) is 0 Å². The average Bonchev–Trinajstić information content (AvgIpc) is 3.37. The van der Waals surface area contributed by atoms with Crippen LogP contribution in [-0.2, 0) is 6.42 Å². The molecule has 4 rings (SSSR count). The molecule has 0 bridgehead atoms. The summed E-state index contributed by atoms with van der Waals surface area (Å²) < 4.78 is 12.6. The quantitative estimate of drug-likeness (QED) is 0.630. The monoisotopic (exact) mass is 379 g/mol. The minimum atomic E-state index is -0.0873. The number of hydrogen-bond acceptors (Lipinski definition) is 5. The van der Waals surface area contributed by atoms with Crippen molar-refractivity contribution < 1.29 is 14.3 Å². The number of benzene rings is 2. The van der Waals surface area contributed by atoms with E-state index in [9.17, 15) is 4.79 Å². The second kappa shape index (κ2) is 8.44. The van der Waals surface area contributed by atoms with Crippen molar-refractivity contribution in [2.24, 2.45) is 0 Å². The molecule has 0 radical (unpaired) electrons. The number of methoxy groups -OCH3 is 1. The van der Waals surface area contributed by atoms with Crippen LogP contribution < -0.4 is 9.47 Å². The first-order valence-corrected chi connectivity index (χ1v) is 9.73. The van der Waals surface area contributed by atoms with Crippen molar-refractivity contribution in [3.63, 3.8) is 0 Å².